The molecule has 1 saturated carbocycles. The van der Waals surface area contributed by atoms with E-state index in [-0.39, 0.29) is 5.75 Å². The van der Waals surface area contributed by atoms with E-state index in [0.717, 1.165) is 30.1 Å². The molecule has 0 spiro atoms. The van der Waals surface area contributed by atoms with Crippen LogP contribution in [0, 0.1) is 12.8 Å². The minimum atomic E-state index is 0.220. The molecule has 1 N–H and O–H groups in total. The highest BCUT2D eigenvalue weighted by Crippen LogP contribution is 2.38. The first-order valence-electron chi connectivity index (χ1n) is 6.77. The van der Waals surface area contributed by atoms with Crippen LogP contribution in [0.2, 0.25) is 0 Å². The van der Waals surface area contributed by atoms with E-state index in [1.807, 2.05) is 19.1 Å². The van der Waals surface area contributed by atoms with E-state index < -0.39 is 0 Å². The summed E-state index contributed by atoms with van der Waals surface area (Å²) in [5.74, 6) is 2.55. The average molecular weight is 258 g/mol. The number of aromatic nitrogens is 2. The fourth-order valence-corrected chi connectivity index (χ4v) is 2.78. The van der Waals surface area contributed by atoms with E-state index in [1.54, 1.807) is 6.07 Å². The summed E-state index contributed by atoms with van der Waals surface area (Å²) in [5.41, 5.74) is 1.43. The van der Waals surface area contributed by atoms with Crippen LogP contribution < -0.4 is 0 Å². The number of nitrogens with zero attached hydrogens (tertiary/aromatic N) is 2. The maximum absolute atomic E-state index is 10.0. The molecular formula is C15H18N2O2. The molecule has 1 heterocycles. The number of phenolic OH excluding ortho intramolecular Hbond substituents is 1. The Kier molecular flexibility index (Phi) is 3.01. The predicted octanol–water partition coefficient (Wildman–Crippen LogP) is 3.65. The first-order valence-corrected chi connectivity index (χ1v) is 6.77. The normalized spacial score (nSPS) is 22.8. The number of phenols is 1. The zero-order valence-corrected chi connectivity index (χ0v) is 11.3. The number of hydrogen-bond acceptors (Lipinski definition) is 4. The molecule has 4 heteroatoms. The van der Waals surface area contributed by atoms with E-state index in [2.05, 4.69) is 17.1 Å². The van der Waals surface area contributed by atoms with Gasteiger partial charge in [0.2, 0.25) is 0 Å². The van der Waals surface area contributed by atoms with Crippen LogP contribution in [0.5, 0.6) is 5.75 Å². The van der Waals surface area contributed by atoms with Gasteiger partial charge < -0.3 is 9.63 Å². The van der Waals surface area contributed by atoms with E-state index in [0.29, 0.717) is 17.4 Å². The molecule has 2 aromatic rings. The first-order chi connectivity index (χ1) is 9.15. The van der Waals surface area contributed by atoms with Crippen LogP contribution in [-0.2, 0) is 0 Å². The quantitative estimate of drug-likeness (QED) is 0.893. The van der Waals surface area contributed by atoms with Crippen LogP contribution in [0.4, 0.5) is 0 Å². The molecule has 19 heavy (non-hydrogen) atoms. The van der Waals surface area contributed by atoms with Gasteiger partial charge in [-0.1, -0.05) is 24.2 Å². The Balaban J connectivity index is 1.91. The van der Waals surface area contributed by atoms with Crippen molar-refractivity contribution < 1.29 is 9.63 Å². The lowest BCUT2D eigenvalue weighted by atomic mass is 10.1. The minimum absolute atomic E-state index is 0.220. The van der Waals surface area contributed by atoms with Crippen LogP contribution in [0.15, 0.2) is 22.7 Å². The molecule has 4 nitrogen and oxygen atoms in total. The highest BCUT2D eigenvalue weighted by Gasteiger charge is 2.27. The van der Waals surface area contributed by atoms with Crippen molar-refractivity contribution in [3.05, 3.63) is 29.6 Å². The van der Waals surface area contributed by atoms with E-state index in [4.69, 9.17) is 4.52 Å². The van der Waals surface area contributed by atoms with Crippen LogP contribution >= 0.6 is 0 Å². The maximum atomic E-state index is 10.0. The lowest BCUT2D eigenvalue weighted by molar-refractivity contribution is 0.410. The van der Waals surface area contributed by atoms with Gasteiger partial charge in [-0.25, -0.2) is 0 Å². The molecule has 0 saturated heterocycles. The molecule has 1 aromatic heterocycles. The molecule has 1 aliphatic rings. The third kappa shape index (κ3) is 2.23. The van der Waals surface area contributed by atoms with E-state index in [1.165, 1.54) is 6.42 Å². The SMILES string of the molecule is Cc1cccc(-c2nc(C3CCC(C)C3)no2)c1O. The van der Waals surface area contributed by atoms with Crippen LogP contribution in [0.25, 0.3) is 11.5 Å². The zero-order valence-electron chi connectivity index (χ0n) is 11.3. The maximum Gasteiger partial charge on any atom is 0.261 e. The molecule has 2 unspecified atom stereocenters. The summed E-state index contributed by atoms with van der Waals surface area (Å²) in [7, 11) is 0. The molecule has 1 aliphatic carbocycles. The van der Waals surface area contributed by atoms with Crippen molar-refractivity contribution in [2.75, 3.05) is 0 Å². The molecule has 0 bridgehead atoms. The average Bonchev–Trinajstić information content (AvgIpc) is 3.01. The first kappa shape index (κ1) is 12.2. The summed E-state index contributed by atoms with van der Waals surface area (Å²) >= 11 is 0. The molecule has 1 aromatic carbocycles. The fourth-order valence-electron chi connectivity index (χ4n) is 2.78. The van der Waals surface area contributed by atoms with Gasteiger partial charge in [0.05, 0.1) is 5.56 Å². The monoisotopic (exact) mass is 258 g/mol. The minimum Gasteiger partial charge on any atom is -0.507 e. The smallest absolute Gasteiger partial charge is 0.261 e. The van der Waals surface area contributed by atoms with E-state index in [9.17, 15) is 5.11 Å². The summed E-state index contributed by atoms with van der Waals surface area (Å²) < 4.78 is 5.31. The Morgan fingerprint density at radius 3 is 2.89 bits per heavy atom. The number of aryl methyl sites for hydroxylation is 1. The van der Waals surface area contributed by atoms with Gasteiger partial charge >= 0.3 is 0 Å². The number of aromatic hydroxyl groups is 1. The second-order valence-corrected chi connectivity index (χ2v) is 5.54. The number of benzene rings is 1. The summed E-state index contributed by atoms with van der Waals surface area (Å²) in [5, 5.41) is 14.1. The Bertz CT molecular complexity index is 592. The van der Waals surface area contributed by atoms with Crippen molar-refractivity contribution >= 4 is 0 Å². The van der Waals surface area contributed by atoms with Crippen molar-refractivity contribution in [2.45, 2.75) is 39.0 Å². The highest BCUT2D eigenvalue weighted by molar-refractivity contribution is 5.64. The summed E-state index contributed by atoms with van der Waals surface area (Å²) in [6, 6.07) is 5.54. The Labute approximate surface area is 112 Å². The van der Waals surface area contributed by atoms with Crippen LogP contribution in [0.1, 0.15) is 43.5 Å². The Morgan fingerprint density at radius 1 is 1.32 bits per heavy atom. The third-order valence-corrected chi connectivity index (χ3v) is 3.97. The van der Waals surface area contributed by atoms with Gasteiger partial charge in [-0.3, -0.25) is 0 Å². The van der Waals surface area contributed by atoms with Crippen molar-refractivity contribution in [1.29, 1.82) is 0 Å². The largest absolute Gasteiger partial charge is 0.507 e. The molecule has 0 radical (unpaired) electrons. The molecule has 2 atom stereocenters. The second kappa shape index (κ2) is 4.68. The summed E-state index contributed by atoms with van der Waals surface area (Å²) in [4.78, 5) is 4.46. The second-order valence-electron chi connectivity index (χ2n) is 5.54. The molecule has 0 amide bonds. The van der Waals surface area contributed by atoms with E-state index >= 15 is 0 Å². The lowest BCUT2D eigenvalue weighted by Gasteiger charge is -2.03. The van der Waals surface area contributed by atoms with Crippen molar-refractivity contribution in [3.63, 3.8) is 0 Å². The van der Waals surface area contributed by atoms with Gasteiger partial charge in [-0.15, -0.1) is 0 Å². The van der Waals surface area contributed by atoms with Gasteiger partial charge in [-0.2, -0.15) is 4.98 Å². The number of rotatable bonds is 2. The topological polar surface area (TPSA) is 59.2 Å². The Morgan fingerprint density at radius 2 is 2.16 bits per heavy atom. The molecule has 1 fully saturated rings. The molecular weight excluding hydrogens is 240 g/mol. The fraction of sp³-hybridized carbons (Fsp3) is 0.467. The standard InChI is InChI=1S/C15H18N2O2/c1-9-6-7-11(8-9)14-16-15(19-17-14)12-5-3-4-10(2)13(12)18/h3-5,9,11,18H,6-8H2,1-2H3. The third-order valence-electron chi connectivity index (χ3n) is 3.97. The van der Waals surface area contributed by atoms with Gasteiger partial charge in [0.25, 0.3) is 5.89 Å². The lowest BCUT2D eigenvalue weighted by Crippen LogP contribution is -1.96. The van der Waals surface area contributed by atoms with Gasteiger partial charge in [0.15, 0.2) is 5.82 Å². The Hall–Kier alpha value is -1.84. The van der Waals surface area contributed by atoms with Crippen LogP contribution in [0.3, 0.4) is 0 Å². The molecule has 3 rings (SSSR count). The van der Waals surface area contributed by atoms with Crippen molar-refractivity contribution in [2.24, 2.45) is 5.92 Å². The zero-order chi connectivity index (χ0) is 13.4. The van der Waals surface area contributed by atoms with Gasteiger partial charge in [0.1, 0.15) is 5.75 Å². The number of hydrogen-bond donors (Lipinski definition) is 1. The number of para-hydroxylation sites is 1. The highest BCUT2D eigenvalue weighted by atomic mass is 16.5. The van der Waals surface area contributed by atoms with Gasteiger partial charge in [0, 0.05) is 5.92 Å². The van der Waals surface area contributed by atoms with Crippen molar-refractivity contribution in [3.8, 4) is 17.2 Å². The predicted molar refractivity (Wildman–Crippen MR) is 71.9 cm³/mol. The summed E-state index contributed by atoms with van der Waals surface area (Å²) in [6.45, 7) is 4.11. The summed E-state index contributed by atoms with van der Waals surface area (Å²) in [6.07, 6.45) is 3.48. The van der Waals surface area contributed by atoms with Gasteiger partial charge in [-0.05, 0) is 43.7 Å². The molecule has 0 aliphatic heterocycles. The van der Waals surface area contributed by atoms with Crippen molar-refractivity contribution in [1.82, 2.24) is 10.1 Å². The van der Waals surface area contributed by atoms with Crippen LogP contribution in [-0.4, -0.2) is 15.2 Å². The molecule has 100 valence electrons.